The lowest BCUT2D eigenvalue weighted by molar-refractivity contribution is -0.104. The molecule has 0 radical (unpaired) electrons. The summed E-state index contributed by atoms with van der Waals surface area (Å²) in [6.07, 6.45) is 4.08. The predicted octanol–water partition coefficient (Wildman–Crippen LogP) is 4.05. The Bertz CT molecular complexity index is 500. The summed E-state index contributed by atoms with van der Waals surface area (Å²) < 4.78 is 0. The first-order chi connectivity index (χ1) is 8.38. The summed E-state index contributed by atoms with van der Waals surface area (Å²) in [5.74, 6) is 0. The zero-order chi connectivity index (χ0) is 11.9. The van der Waals surface area contributed by atoms with Crippen LogP contribution in [0.25, 0.3) is 6.08 Å². The molecule has 84 valence electrons. The van der Waals surface area contributed by atoms with Gasteiger partial charge in [-0.2, -0.15) is 0 Å². The van der Waals surface area contributed by atoms with E-state index in [4.69, 9.17) is 0 Å². The van der Waals surface area contributed by atoms with E-state index in [1.807, 2.05) is 30.3 Å². The number of hydrogen-bond acceptors (Lipinski definition) is 2. The highest BCUT2D eigenvalue weighted by molar-refractivity contribution is 7.99. The van der Waals surface area contributed by atoms with Crippen LogP contribution in [-0.2, 0) is 4.79 Å². The minimum atomic E-state index is 0.784. The van der Waals surface area contributed by atoms with Crippen LogP contribution in [0.2, 0.25) is 0 Å². The summed E-state index contributed by atoms with van der Waals surface area (Å²) in [5.41, 5.74) is 1.04. The second-order valence-corrected chi connectivity index (χ2v) is 4.63. The Hall–Kier alpha value is -1.80. The molecule has 1 nitrogen and oxygen atoms in total. The van der Waals surface area contributed by atoms with E-state index in [0.717, 1.165) is 11.8 Å². The first-order valence-electron chi connectivity index (χ1n) is 5.33. The molecule has 2 aromatic carbocycles. The van der Waals surface area contributed by atoms with Gasteiger partial charge in [-0.15, -0.1) is 0 Å². The van der Waals surface area contributed by atoms with Gasteiger partial charge in [0, 0.05) is 9.79 Å². The molecule has 0 aliphatic heterocycles. The van der Waals surface area contributed by atoms with Crippen molar-refractivity contribution in [1.82, 2.24) is 0 Å². The van der Waals surface area contributed by atoms with Gasteiger partial charge < -0.3 is 0 Å². The van der Waals surface area contributed by atoms with Gasteiger partial charge in [0.25, 0.3) is 0 Å². The van der Waals surface area contributed by atoms with Gasteiger partial charge in [-0.05, 0) is 35.9 Å². The molecule has 0 aromatic heterocycles. The van der Waals surface area contributed by atoms with E-state index >= 15 is 0 Å². The van der Waals surface area contributed by atoms with Crippen LogP contribution in [0.1, 0.15) is 5.56 Å². The topological polar surface area (TPSA) is 17.1 Å². The Morgan fingerprint density at radius 3 is 2.12 bits per heavy atom. The zero-order valence-electron chi connectivity index (χ0n) is 9.24. The van der Waals surface area contributed by atoms with Crippen molar-refractivity contribution in [3.8, 4) is 0 Å². The van der Waals surface area contributed by atoms with Crippen LogP contribution in [-0.4, -0.2) is 6.29 Å². The van der Waals surface area contributed by atoms with Crippen LogP contribution in [0.4, 0.5) is 0 Å². The molecule has 0 bridgehead atoms. The summed E-state index contributed by atoms with van der Waals surface area (Å²) in [6, 6.07) is 18.4. The fraction of sp³-hybridized carbons (Fsp3) is 0. The number of carbonyl (C=O) groups is 1. The third-order valence-electron chi connectivity index (χ3n) is 2.23. The zero-order valence-corrected chi connectivity index (χ0v) is 10.1. The van der Waals surface area contributed by atoms with Gasteiger partial charge in [-0.1, -0.05) is 48.2 Å². The van der Waals surface area contributed by atoms with Crippen molar-refractivity contribution in [2.75, 3.05) is 0 Å². The molecule has 0 aliphatic rings. The molecule has 0 heterocycles. The van der Waals surface area contributed by atoms with Crippen LogP contribution < -0.4 is 0 Å². The highest BCUT2D eigenvalue weighted by Crippen LogP contribution is 2.27. The summed E-state index contributed by atoms with van der Waals surface area (Å²) in [4.78, 5) is 12.6. The van der Waals surface area contributed by atoms with E-state index in [1.165, 1.54) is 15.9 Å². The summed E-state index contributed by atoms with van der Waals surface area (Å²) in [6.45, 7) is 0. The maximum absolute atomic E-state index is 10.2. The van der Waals surface area contributed by atoms with Crippen molar-refractivity contribution < 1.29 is 4.79 Å². The van der Waals surface area contributed by atoms with E-state index < -0.39 is 0 Å². The van der Waals surface area contributed by atoms with Crippen LogP contribution in [0.15, 0.2) is 70.5 Å². The average molecular weight is 240 g/mol. The highest BCUT2D eigenvalue weighted by atomic mass is 32.2. The van der Waals surface area contributed by atoms with E-state index in [-0.39, 0.29) is 0 Å². The number of hydrogen-bond donors (Lipinski definition) is 0. The lowest BCUT2D eigenvalue weighted by Crippen LogP contribution is -1.75. The summed E-state index contributed by atoms with van der Waals surface area (Å²) in [7, 11) is 0. The third kappa shape index (κ3) is 3.61. The Morgan fingerprint density at radius 1 is 0.824 bits per heavy atom. The quantitative estimate of drug-likeness (QED) is 0.592. The second-order valence-electron chi connectivity index (χ2n) is 3.48. The van der Waals surface area contributed by atoms with Crippen LogP contribution >= 0.6 is 11.8 Å². The fourth-order valence-electron chi connectivity index (χ4n) is 1.42. The normalized spacial score (nSPS) is 10.6. The smallest absolute Gasteiger partial charge is 0.142 e. The van der Waals surface area contributed by atoms with E-state index in [0.29, 0.717) is 0 Å². The molecule has 0 N–H and O–H groups in total. The maximum Gasteiger partial charge on any atom is 0.142 e. The Balaban J connectivity index is 2.08. The number of carbonyl (C=O) groups excluding carboxylic acids is 1. The summed E-state index contributed by atoms with van der Waals surface area (Å²) >= 11 is 1.73. The minimum Gasteiger partial charge on any atom is -0.299 e. The van der Waals surface area contributed by atoms with Gasteiger partial charge >= 0.3 is 0 Å². The fourth-order valence-corrected chi connectivity index (χ4v) is 2.26. The molecular formula is C15H12OS. The predicted molar refractivity (Wildman–Crippen MR) is 72.1 cm³/mol. The lowest BCUT2D eigenvalue weighted by atomic mass is 10.2. The molecule has 0 saturated heterocycles. The molecule has 0 fully saturated rings. The van der Waals surface area contributed by atoms with Gasteiger partial charge in [0.1, 0.15) is 6.29 Å². The Labute approximate surface area is 105 Å². The Morgan fingerprint density at radius 2 is 1.47 bits per heavy atom. The molecule has 0 unspecified atom stereocenters. The lowest BCUT2D eigenvalue weighted by Gasteiger charge is -2.01. The molecule has 0 saturated carbocycles. The minimum absolute atomic E-state index is 0.784. The molecule has 0 aliphatic carbocycles. The molecule has 0 amide bonds. The van der Waals surface area contributed by atoms with Gasteiger partial charge in [0.15, 0.2) is 0 Å². The summed E-state index contributed by atoms with van der Waals surface area (Å²) in [5, 5.41) is 0. The highest BCUT2D eigenvalue weighted by Gasteiger charge is 1.95. The van der Waals surface area contributed by atoms with Crippen LogP contribution in [0.3, 0.4) is 0 Å². The third-order valence-corrected chi connectivity index (χ3v) is 3.24. The van der Waals surface area contributed by atoms with E-state index in [1.54, 1.807) is 17.8 Å². The van der Waals surface area contributed by atoms with Crippen LogP contribution in [0.5, 0.6) is 0 Å². The van der Waals surface area contributed by atoms with Crippen molar-refractivity contribution in [3.05, 3.63) is 66.2 Å². The molecule has 2 aromatic rings. The molecular weight excluding hydrogens is 228 g/mol. The van der Waals surface area contributed by atoms with Crippen molar-refractivity contribution >= 4 is 24.1 Å². The van der Waals surface area contributed by atoms with Crippen molar-refractivity contribution in [2.45, 2.75) is 9.79 Å². The molecule has 0 atom stereocenters. The number of benzene rings is 2. The SMILES string of the molecule is O=CC=Cc1ccc(Sc2ccccc2)cc1. The standard InChI is InChI=1S/C15H12OS/c16-12-4-5-13-8-10-15(11-9-13)17-14-6-2-1-3-7-14/h1-12H. The largest absolute Gasteiger partial charge is 0.299 e. The van der Waals surface area contributed by atoms with E-state index in [2.05, 4.69) is 24.3 Å². The maximum atomic E-state index is 10.2. The first kappa shape index (κ1) is 11.7. The number of aldehydes is 1. The number of rotatable bonds is 4. The van der Waals surface area contributed by atoms with Gasteiger partial charge in [0.2, 0.25) is 0 Å². The van der Waals surface area contributed by atoms with Crippen molar-refractivity contribution in [3.63, 3.8) is 0 Å². The van der Waals surface area contributed by atoms with Crippen molar-refractivity contribution in [2.24, 2.45) is 0 Å². The first-order valence-corrected chi connectivity index (χ1v) is 6.15. The number of allylic oxidation sites excluding steroid dienone is 1. The molecule has 2 rings (SSSR count). The monoisotopic (exact) mass is 240 g/mol. The Kier molecular flexibility index (Phi) is 4.17. The van der Waals surface area contributed by atoms with Gasteiger partial charge in [-0.25, -0.2) is 0 Å². The van der Waals surface area contributed by atoms with Crippen molar-refractivity contribution in [1.29, 1.82) is 0 Å². The van der Waals surface area contributed by atoms with E-state index in [9.17, 15) is 4.79 Å². The molecule has 0 spiro atoms. The molecule has 17 heavy (non-hydrogen) atoms. The average Bonchev–Trinajstić information content (AvgIpc) is 2.39. The molecule has 2 heteroatoms. The second kappa shape index (κ2) is 6.06. The van der Waals surface area contributed by atoms with Gasteiger partial charge in [0.05, 0.1) is 0 Å². The van der Waals surface area contributed by atoms with Gasteiger partial charge in [-0.3, -0.25) is 4.79 Å². The van der Waals surface area contributed by atoms with Crippen LogP contribution in [0, 0.1) is 0 Å².